The average molecular weight is 326 g/mol. The summed E-state index contributed by atoms with van der Waals surface area (Å²) < 4.78 is 1.44. The minimum atomic E-state index is 0.800. The highest BCUT2D eigenvalue weighted by Crippen LogP contribution is 2.38. The topological polar surface area (TPSA) is 0 Å². The van der Waals surface area contributed by atoms with Crippen LogP contribution in [0.5, 0.6) is 0 Å². The first-order valence-corrected chi connectivity index (χ1v) is 7.24. The van der Waals surface area contributed by atoms with E-state index in [1.807, 2.05) is 0 Å². The van der Waals surface area contributed by atoms with Crippen LogP contribution in [0.25, 0.3) is 0 Å². The second kappa shape index (κ2) is 5.85. The van der Waals surface area contributed by atoms with Crippen LogP contribution in [-0.2, 0) is 0 Å². The van der Waals surface area contributed by atoms with Gasteiger partial charge in [-0.05, 0) is 78.2 Å². The first-order chi connectivity index (χ1) is 7.81. The third kappa shape index (κ3) is 2.88. The molecular formula is C15H19I. The molecule has 0 atom stereocenters. The van der Waals surface area contributed by atoms with E-state index in [9.17, 15) is 0 Å². The Morgan fingerprint density at radius 1 is 1.19 bits per heavy atom. The molecule has 0 N–H and O–H groups in total. The van der Waals surface area contributed by atoms with Crippen LogP contribution >= 0.6 is 22.6 Å². The minimum absolute atomic E-state index is 0.800. The molecule has 0 amide bonds. The van der Waals surface area contributed by atoms with Crippen molar-refractivity contribution < 1.29 is 0 Å². The maximum Gasteiger partial charge on any atom is 0.0165 e. The van der Waals surface area contributed by atoms with E-state index in [1.165, 1.54) is 35.7 Å². The zero-order valence-corrected chi connectivity index (χ0v) is 11.8. The van der Waals surface area contributed by atoms with E-state index < -0.39 is 0 Å². The molecule has 0 spiro atoms. The van der Waals surface area contributed by atoms with Gasteiger partial charge in [-0.3, -0.25) is 0 Å². The fourth-order valence-corrected chi connectivity index (χ4v) is 3.58. The zero-order valence-electron chi connectivity index (χ0n) is 9.66. The summed E-state index contributed by atoms with van der Waals surface area (Å²) in [6, 6.07) is 8.84. The van der Waals surface area contributed by atoms with Crippen LogP contribution in [0, 0.1) is 9.49 Å². The minimum Gasteiger partial charge on any atom is -0.103 e. The number of hydrogen-bond acceptors (Lipinski definition) is 0. The number of benzene rings is 1. The van der Waals surface area contributed by atoms with Crippen LogP contribution in [0.1, 0.15) is 43.6 Å². The van der Waals surface area contributed by atoms with Crippen molar-refractivity contribution >= 4 is 22.6 Å². The third-order valence-corrected chi connectivity index (χ3v) is 4.67. The second-order valence-corrected chi connectivity index (χ2v) is 5.93. The first kappa shape index (κ1) is 12.2. The van der Waals surface area contributed by atoms with Gasteiger partial charge in [-0.2, -0.15) is 0 Å². The Labute approximate surface area is 112 Å². The molecule has 0 radical (unpaired) electrons. The molecule has 1 aliphatic rings. The molecule has 0 aliphatic heterocycles. The molecule has 0 heterocycles. The van der Waals surface area contributed by atoms with Crippen molar-refractivity contribution in [2.45, 2.75) is 38.0 Å². The van der Waals surface area contributed by atoms with Crippen molar-refractivity contribution in [2.75, 3.05) is 0 Å². The van der Waals surface area contributed by atoms with Crippen LogP contribution in [0.3, 0.4) is 0 Å². The van der Waals surface area contributed by atoms with E-state index in [0.717, 1.165) is 11.8 Å². The summed E-state index contributed by atoms with van der Waals surface area (Å²) in [7, 11) is 0. The summed E-state index contributed by atoms with van der Waals surface area (Å²) in [5.74, 6) is 1.70. The largest absolute Gasteiger partial charge is 0.103 e. The summed E-state index contributed by atoms with van der Waals surface area (Å²) in [4.78, 5) is 0. The van der Waals surface area contributed by atoms with E-state index in [4.69, 9.17) is 0 Å². The van der Waals surface area contributed by atoms with Gasteiger partial charge in [0.2, 0.25) is 0 Å². The molecule has 1 aliphatic carbocycles. The Balaban J connectivity index is 1.99. The van der Waals surface area contributed by atoms with Gasteiger partial charge in [0, 0.05) is 3.57 Å². The van der Waals surface area contributed by atoms with Crippen LogP contribution in [0.4, 0.5) is 0 Å². The van der Waals surface area contributed by atoms with Gasteiger partial charge in [-0.1, -0.05) is 24.3 Å². The summed E-state index contributed by atoms with van der Waals surface area (Å²) in [6.45, 7) is 3.84. The van der Waals surface area contributed by atoms with Gasteiger partial charge >= 0.3 is 0 Å². The van der Waals surface area contributed by atoms with Crippen molar-refractivity contribution in [2.24, 2.45) is 5.92 Å². The molecule has 2 rings (SSSR count). The highest BCUT2D eigenvalue weighted by atomic mass is 127. The Morgan fingerprint density at radius 2 is 1.88 bits per heavy atom. The van der Waals surface area contributed by atoms with Gasteiger partial charge in [0.1, 0.15) is 0 Å². The molecule has 0 saturated heterocycles. The highest BCUT2D eigenvalue weighted by molar-refractivity contribution is 14.1. The summed E-state index contributed by atoms with van der Waals surface area (Å²) in [5.41, 5.74) is 1.57. The molecule has 16 heavy (non-hydrogen) atoms. The molecule has 0 nitrogen and oxygen atoms in total. The van der Waals surface area contributed by atoms with E-state index in [0.29, 0.717) is 0 Å². The van der Waals surface area contributed by atoms with Crippen molar-refractivity contribution in [3.8, 4) is 0 Å². The lowest BCUT2D eigenvalue weighted by Gasteiger charge is -2.28. The molecule has 0 bridgehead atoms. The van der Waals surface area contributed by atoms with E-state index in [1.54, 1.807) is 5.56 Å². The van der Waals surface area contributed by atoms with Crippen LogP contribution in [0.2, 0.25) is 0 Å². The summed E-state index contributed by atoms with van der Waals surface area (Å²) >= 11 is 2.47. The van der Waals surface area contributed by atoms with Gasteiger partial charge in [-0.15, -0.1) is 6.58 Å². The lowest BCUT2D eigenvalue weighted by Crippen LogP contribution is -2.13. The van der Waals surface area contributed by atoms with Crippen molar-refractivity contribution in [1.82, 2.24) is 0 Å². The van der Waals surface area contributed by atoms with Crippen LogP contribution in [-0.4, -0.2) is 0 Å². The molecule has 1 heteroatoms. The maximum atomic E-state index is 3.84. The zero-order chi connectivity index (χ0) is 11.4. The van der Waals surface area contributed by atoms with Gasteiger partial charge < -0.3 is 0 Å². The Bertz CT molecular complexity index is 348. The Morgan fingerprint density at radius 3 is 2.50 bits per heavy atom. The molecule has 1 aromatic rings. The fourth-order valence-electron chi connectivity index (χ4n) is 2.75. The molecule has 1 fully saturated rings. The average Bonchev–Trinajstić information content (AvgIpc) is 2.31. The summed E-state index contributed by atoms with van der Waals surface area (Å²) in [5, 5.41) is 0. The van der Waals surface area contributed by atoms with E-state index >= 15 is 0 Å². The van der Waals surface area contributed by atoms with Crippen LogP contribution < -0.4 is 0 Å². The number of hydrogen-bond donors (Lipinski definition) is 0. The normalized spacial score (nSPS) is 25.3. The molecule has 86 valence electrons. The van der Waals surface area contributed by atoms with Gasteiger partial charge in [0.15, 0.2) is 0 Å². The molecule has 0 aromatic heterocycles. The van der Waals surface area contributed by atoms with E-state index in [-0.39, 0.29) is 0 Å². The van der Waals surface area contributed by atoms with E-state index in [2.05, 4.69) is 59.5 Å². The fraction of sp³-hybridized carbons (Fsp3) is 0.467. The van der Waals surface area contributed by atoms with Crippen molar-refractivity contribution in [1.29, 1.82) is 0 Å². The smallest absolute Gasteiger partial charge is 0.0165 e. The predicted octanol–water partition coefficient (Wildman–Crippen LogP) is 5.14. The number of rotatable bonds is 3. The van der Waals surface area contributed by atoms with Gasteiger partial charge in [0.25, 0.3) is 0 Å². The monoisotopic (exact) mass is 326 g/mol. The predicted molar refractivity (Wildman–Crippen MR) is 78.7 cm³/mol. The SMILES string of the molecule is C=CCC1CCC(c2ccccc2I)CC1. The highest BCUT2D eigenvalue weighted by Gasteiger charge is 2.22. The Kier molecular flexibility index (Phi) is 4.45. The van der Waals surface area contributed by atoms with Crippen LogP contribution in [0.15, 0.2) is 36.9 Å². The number of allylic oxidation sites excluding steroid dienone is 1. The molecule has 1 saturated carbocycles. The van der Waals surface area contributed by atoms with Gasteiger partial charge in [0.05, 0.1) is 0 Å². The van der Waals surface area contributed by atoms with Crippen molar-refractivity contribution in [3.63, 3.8) is 0 Å². The first-order valence-electron chi connectivity index (χ1n) is 6.16. The van der Waals surface area contributed by atoms with Crippen molar-refractivity contribution in [3.05, 3.63) is 46.1 Å². The lowest BCUT2D eigenvalue weighted by atomic mass is 9.77. The maximum absolute atomic E-state index is 3.84. The third-order valence-electron chi connectivity index (χ3n) is 3.69. The quantitative estimate of drug-likeness (QED) is 0.533. The van der Waals surface area contributed by atoms with Gasteiger partial charge in [-0.25, -0.2) is 0 Å². The standard InChI is InChI=1S/C15H19I/c1-2-5-12-8-10-13(11-9-12)14-6-3-4-7-15(14)16/h2-4,6-7,12-13H,1,5,8-11H2. The molecule has 1 aromatic carbocycles. The Hall–Kier alpha value is -0.310. The number of halogens is 1. The summed E-state index contributed by atoms with van der Waals surface area (Å²) in [6.07, 6.45) is 8.76. The molecule has 0 unspecified atom stereocenters. The lowest BCUT2D eigenvalue weighted by molar-refractivity contribution is 0.328. The second-order valence-electron chi connectivity index (χ2n) is 4.76. The molecular weight excluding hydrogens is 307 g/mol.